The normalized spacial score (nSPS) is 31.3. The maximum Gasteiger partial charge on any atom is 0.169 e. The van der Waals surface area contributed by atoms with Gasteiger partial charge in [-0.2, -0.15) is 0 Å². The van der Waals surface area contributed by atoms with E-state index in [-0.39, 0.29) is 10.5 Å². The minimum Gasteiger partial charge on any atom is -0.504 e. The standard InChI is InChI=1S/C7H10O4S/c1-2-3(8)5(10)7(12)6(11)4(2)9/h3,5,8-12H,1H3. The zero-order valence-electron chi connectivity index (χ0n) is 6.39. The minimum absolute atomic E-state index is 0.120. The summed E-state index contributed by atoms with van der Waals surface area (Å²) >= 11 is 3.74. The fourth-order valence-electron chi connectivity index (χ4n) is 0.975. The van der Waals surface area contributed by atoms with E-state index in [2.05, 4.69) is 12.6 Å². The molecule has 0 saturated heterocycles. The van der Waals surface area contributed by atoms with E-state index in [9.17, 15) is 10.2 Å². The lowest BCUT2D eigenvalue weighted by atomic mass is 9.98. The average molecular weight is 190 g/mol. The van der Waals surface area contributed by atoms with Crippen molar-refractivity contribution in [2.24, 2.45) is 0 Å². The second-order valence-electron chi connectivity index (χ2n) is 2.66. The van der Waals surface area contributed by atoms with Crippen molar-refractivity contribution in [3.05, 3.63) is 22.0 Å². The Hall–Kier alpha value is -0.650. The van der Waals surface area contributed by atoms with Crippen molar-refractivity contribution >= 4 is 12.6 Å². The molecule has 0 amide bonds. The molecule has 5 heteroatoms. The Labute approximate surface area is 74.9 Å². The summed E-state index contributed by atoms with van der Waals surface area (Å²) in [6, 6.07) is 0. The number of hydrogen-bond acceptors (Lipinski definition) is 5. The lowest BCUT2D eigenvalue weighted by Gasteiger charge is -2.24. The van der Waals surface area contributed by atoms with Crippen molar-refractivity contribution in [3.8, 4) is 0 Å². The lowest BCUT2D eigenvalue weighted by Crippen LogP contribution is -2.32. The molecule has 4 N–H and O–H groups in total. The summed E-state index contributed by atoms with van der Waals surface area (Å²) in [6.45, 7) is 1.42. The highest BCUT2D eigenvalue weighted by molar-refractivity contribution is 7.84. The molecular formula is C7H10O4S. The molecule has 0 bridgehead atoms. The second-order valence-corrected chi connectivity index (χ2v) is 3.14. The third-order valence-corrected chi connectivity index (χ3v) is 2.34. The summed E-state index contributed by atoms with van der Waals surface area (Å²) in [5, 5.41) is 36.7. The van der Waals surface area contributed by atoms with Gasteiger partial charge in [-0.05, 0) is 6.92 Å². The van der Waals surface area contributed by atoms with Gasteiger partial charge >= 0.3 is 0 Å². The van der Waals surface area contributed by atoms with Crippen molar-refractivity contribution in [2.45, 2.75) is 19.1 Å². The monoisotopic (exact) mass is 190 g/mol. The summed E-state index contributed by atoms with van der Waals surface area (Å²) in [5.41, 5.74) is 0.137. The third kappa shape index (κ3) is 1.20. The summed E-state index contributed by atoms with van der Waals surface area (Å²) < 4.78 is 0. The minimum atomic E-state index is -1.26. The van der Waals surface area contributed by atoms with Crippen LogP contribution in [0.4, 0.5) is 0 Å². The third-order valence-electron chi connectivity index (χ3n) is 1.86. The van der Waals surface area contributed by atoms with Crippen LogP contribution in [0.15, 0.2) is 22.0 Å². The van der Waals surface area contributed by atoms with Crippen LogP contribution in [-0.4, -0.2) is 32.6 Å². The van der Waals surface area contributed by atoms with E-state index >= 15 is 0 Å². The highest BCUT2D eigenvalue weighted by Gasteiger charge is 2.31. The van der Waals surface area contributed by atoms with Crippen LogP contribution in [0.5, 0.6) is 0 Å². The van der Waals surface area contributed by atoms with Crippen molar-refractivity contribution in [2.75, 3.05) is 0 Å². The van der Waals surface area contributed by atoms with E-state index in [1.807, 2.05) is 0 Å². The molecule has 68 valence electrons. The van der Waals surface area contributed by atoms with Gasteiger partial charge in [-0.3, -0.25) is 0 Å². The van der Waals surface area contributed by atoms with Gasteiger partial charge in [0.2, 0.25) is 0 Å². The van der Waals surface area contributed by atoms with Crippen LogP contribution in [0, 0.1) is 0 Å². The van der Waals surface area contributed by atoms with Gasteiger partial charge in [0.05, 0.1) is 4.91 Å². The Morgan fingerprint density at radius 2 is 1.58 bits per heavy atom. The molecule has 0 saturated carbocycles. The highest BCUT2D eigenvalue weighted by Crippen LogP contribution is 2.29. The molecule has 12 heavy (non-hydrogen) atoms. The molecule has 0 aromatic heterocycles. The highest BCUT2D eigenvalue weighted by atomic mass is 32.1. The molecule has 4 nitrogen and oxygen atoms in total. The molecule has 0 spiro atoms. The van der Waals surface area contributed by atoms with Gasteiger partial charge in [-0.25, -0.2) is 0 Å². The van der Waals surface area contributed by atoms with Crippen LogP contribution < -0.4 is 0 Å². The molecule has 0 aromatic rings. The summed E-state index contributed by atoms with van der Waals surface area (Å²) in [6.07, 6.45) is -2.46. The summed E-state index contributed by atoms with van der Waals surface area (Å²) in [4.78, 5) is -0.120. The molecule has 1 aliphatic rings. The molecule has 0 aromatic carbocycles. The lowest BCUT2D eigenvalue weighted by molar-refractivity contribution is 0.0594. The van der Waals surface area contributed by atoms with E-state index in [0.29, 0.717) is 0 Å². The van der Waals surface area contributed by atoms with Crippen LogP contribution >= 0.6 is 12.6 Å². The topological polar surface area (TPSA) is 80.9 Å². The number of rotatable bonds is 0. The number of thiol groups is 1. The Bertz CT molecular complexity index is 241. The molecule has 1 rings (SSSR count). The first kappa shape index (κ1) is 9.44. The second kappa shape index (κ2) is 3.01. The fourth-order valence-corrected chi connectivity index (χ4v) is 1.22. The predicted molar refractivity (Wildman–Crippen MR) is 46.0 cm³/mol. The van der Waals surface area contributed by atoms with Gasteiger partial charge < -0.3 is 20.4 Å². The molecule has 0 heterocycles. The van der Waals surface area contributed by atoms with E-state index in [1.165, 1.54) is 6.92 Å². The Balaban J connectivity index is 3.18. The first-order valence-corrected chi connectivity index (χ1v) is 3.80. The van der Waals surface area contributed by atoms with Gasteiger partial charge in [-0.15, -0.1) is 12.6 Å². The Kier molecular flexibility index (Phi) is 2.36. The first-order chi connectivity index (χ1) is 5.46. The van der Waals surface area contributed by atoms with Gasteiger partial charge in [-0.1, -0.05) is 0 Å². The molecular weight excluding hydrogens is 180 g/mol. The number of hydrogen-bond donors (Lipinski definition) is 5. The molecule has 0 radical (unpaired) electrons. The molecule has 1 aliphatic carbocycles. The van der Waals surface area contributed by atoms with Crippen LogP contribution in [0.3, 0.4) is 0 Å². The zero-order chi connectivity index (χ0) is 9.46. The van der Waals surface area contributed by atoms with Gasteiger partial charge in [0.15, 0.2) is 11.5 Å². The summed E-state index contributed by atoms with van der Waals surface area (Å²) in [5.74, 6) is -0.897. The summed E-state index contributed by atoms with van der Waals surface area (Å²) in [7, 11) is 0. The van der Waals surface area contributed by atoms with E-state index in [0.717, 1.165) is 0 Å². The van der Waals surface area contributed by atoms with Crippen LogP contribution in [0.2, 0.25) is 0 Å². The van der Waals surface area contributed by atoms with Crippen LogP contribution in [0.1, 0.15) is 6.92 Å². The largest absolute Gasteiger partial charge is 0.504 e. The van der Waals surface area contributed by atoms with Gasteiger partial charge in [0, 0.05) is 5.57 Å². The molecule has 0 fully saturated rings. The number of aliphatic hydroxyl groups excluding tert-OH is 4. The smallest absolute Gasteiger partial charge is 0.169 e. The SMILES string of the molecule is CC1=C(O)C(O)=C(S)C(O)C1O. The first-order valence-electron chi connectivity index (χ1n) is 3.35. The van der Waals surface area contributed by atoms with Crippen LogP contribution in [-0.2, 0) is 0 Å². The average Bonchev–Trinajstić information content (AvgIpc) is 2.08. The van der Waals surface area contributed by atoms with E-state index in [4.69, 9.17) is 10.2 Å². The Morgan fingerprint density at radius 1 is 1.08 bits per heavy atom. The van der Waals surface area contributed by atoms with E-state index in [1.54, 1.807) is 0 Å². The maximum atomic E-state index is 9.24. The molecule has 2 unspecified atom stereocenters. The van der Waals surface area contributed by atoms with Crippen molar-refractivity contribution in [1.29, 1.82) is 0 Å². The van der Waals surface area contributed by atoms with E-state index < -0.39 is 23.7 Å². The number of aliphatic hydroxyl groups is 4. The molecule has 2 atom stereocenters. The van der Waals surface area contributed by atoms with Crippen molar-refractivity contribution in [3.63, 3.8) is 0 Å². The van der Waals surface area contributed by atoms with Crippen LogP contribution in [0.25, 0.3) is 0 Å². The Morgan fingerprint density at radius 3 is 2.08 bits per heavy atom. The quantitative estimate of drug-likeness (QED) is 0.355. The predicted octanol–water partition coefficient (Wildman–Crippen LogP) is 0.253. The maximum absolute atomic E-state index is 9.24. The van der Waals surface area contributed by atoms with Gasteiger partial charge in [0.25, 0.3) is 0 Å². The van der Waals surface area contributed by atoms with Gasteiger partial charge in [0.1, 0.15) is 12.2 Å². The molecule has 0 aliphatic heterocycles. The van der Waals surface area contributed by atoms with Crippen molar-refractivity contribution in [1.82, 2.24) is 0 Å². The van der Waals surface area contributed by atoms with Crippen molar-refractivity contribution < 1.29 is 20.4 Å². The fraction of sp³-hybridized carbons (Fsp3) is 0.429. The zero-order valence-corrected chi connectivity index (χ0v) is 7.29.